The minimum absolute atomic E-state index is 0.0339. The van der Waals surface area contributed by atoms with E-state index < -0.39 is 24.0 Å². The number of carboxylic acid groups (broad SMARTS) is 1. The molecule has 0 radical (unpaired) electrons. The number of amides is 2. The first-order valence-corrected chi connectivity index (χ1v) is 8.30. The number of carbonyl (C=O) groups is 3. The highest BCUT2D eigenvalue weighted by atomic mass is 16.4. The molecular formula is C16H26N2O4. The molecule has 6 heteroatoms. The number of rotatable bonds is 7. The summed E-state index contributed by atoms with van der Waals surface area (Å²) >= 11 is 0. The fraction of sp³-hybridized carbons (Fsp3) is 0.812. The van der Waals surface area contributed by atoms with Gasteiger partial charge in [-0.05, 0) is 44.4 Å². The molecule has 0 aromatic heterocycles. The zero-order valence-corrected chi connectivity index (χ0v) is 13.1. The van der Waals surface area contributed by atoms with Gasteiger partial charge in [-0.3, -0.25) is 9.59 Å². The first-order valence-electron chi connectivity index (χ1n) is 8.30. The van der Waals surface area contributed by atoms with Gasteiger partial charge < -0.3 is 15.7 Å². The van der Waals surface area contributed by atoms with Crippen LogP contribution in [0.25, 0.3) is 0 Å². The van der Waals surface area contributed by atoms with E-state index in [1.807, 2.05) is 0 Å². The Morgan fingerprint density at radius 3 is 2.23 bits per heavy atom. The molecule has 2 atom stereocenters. The first-order chi connectivity index (χ1) is 10.5. The molecule has 6 nitrogen and oxygen atoms in total. The van der Waals surface area contributed by atoms with E-state index in [0.717, 1.165) is 25.7 Å². The van der Waals surface area contributed by atoms with Crippen LogP contribution < -0.4 is 10.6 Å². The summed E-state index contributed by atoms with van der Waals surface area (Å²) in [5.74, 6) is -1.09. The lowest BCUT2D eigenvalue weighted by Crippen LogP contribution is -2.51. The van der Waals surface area contributed by atoms with E-state index in [9.17, 15) is 14.4 Å². The van der Waals surface area contributed by atoms with E-state index in [2.05, 4.69) is 10.6 Å². The molecule has 22 heavy (non-hydrogen) atoms. The Kier molecular flexibility index (Phi) is 5.80. The third kappa shape index (κ3) is 5.00. The maximum atomic E-state index is 12.0. The Balaban J connectivity index is 1.74. The van der Waals surface area contributed by atoms with Crippen LogP contribution in [-0.2, 0) is 14.4 Å². The molecule has 0 saturated heterocycles. The number of carboxylic acids is 1. The van der Waals surface area contributed by atoms with Crippen molar-refractivity contribution in [3.8, 4) is 0 Å². The van der Waals surface area contributed by atoms with Crippen LogP contribution in [0.4, 0.5) is 0 Å². The van der Waals surface area contributed by atoms with Gasteiger partial charge >= 0.3 is 5.97 Å². The monoisotopic (exact) mass is 310 g/mol. The average Bonchev–Trinajstić information content (AvgIpc) is 3.29. The highest BCUT2D eigenvalue weighted by Crippen LogP contribution is 2.32. The molecule has 2 rings (SSSR count). The minimum Gasteiger partial charge on any atom is -0.480 e. The second kappa shape index (κ2) is 7.61. The summed E-state index contributed by atoms with van der Waals surface area (Å²) in [6, 6.07) is -1.53. The van der Waals surface area contributed by atoms with Crippen LogP contribution in [0.2, 0.25) is 0 Å². The SMILES string of the molecule is CC(NC(=O)CC1CCCCC1)C(=O)NC(C(=O)O)C1CC1. The predicted octanol–water partition coefficient (Wildman–Crippen LogP) is 1.44. The fourth-order valence-electron chi connectivity index (χ4n) is 3.11. The molecule has 0 aromatic carbocycles. The van der Waals surface area contributed by atoms with Gasteiger partial charge in [0.05, 0.1) is 0 Å². The summed E-state index contributed by atoms with van der Waals surface area (Å²) in [6.45, 7) is 1.60. The molecule has 2 amide bonds. The molecule has 3 N–H and O–H groups in total. The summed E-state index contributed by atoms with van der Waals surface area (Å²) in [7, 11) is 0. The maximum absolute atomic E-state index is 12.0. The second-order valence-corrected chi connectivity index (χ2v) is 6.66. The standard InChI is InChI=1S/C16H26N2O4/c1-10(15(20)18-14(16(21)22)12-7-8-12)17-13(19)9-11-5-3-2-4-6-11/h10-12,14H,2-9H2,1H3,(H,17,19)(H,18,20)(H,21,22). The van der Waals surface area contributed by atoms with E-state index in [1.165, 1.54) is 19.3 Å². The Bertz CT molecular complexity index is 428. The Labute approximate surface area is 131 Å². The fourth-order valence-corrected chi connectivity index (χ4v) is 3.11. The minimum atomic E-state index is -1.00. The van der Waals surface area contributed by atoms with Crippen LogP contribution in [0.3, 0.4) is 0 Å². The van der Waals surface area contributed by atoms with Crippen molar-refractivity contribution in [1.82, 2.24) is 10.6 Å². The molecule has 0 heterocycles. The number of hydrogen-bond donors (Lipinski definition) is 3. The Morgan fingerprint density at radius 1 is 1.05 bits per heavy atom. The third-order valence-electron chi connectivity index (χ3n) is 4.63. The average molecular weight is 310 g/mol. The molecule has 2 saturated carbocycles. The number of hydrogen-bond acceptors (Lipinski definition) is 3. The van der Waals surface area contributed by atoms with Gasteiger partial charge in [-0.25, -0.2) is 4.79 Å². The van der Waals surface area contributed by atoms with Crippen molar-refractivity contribution in [3.05, 3.63) is 0 Å². The zero-order valence-electron chi connectivity index (χ0n) is 13.1. The lowest BCUT2D eigenvalue weighted by molar-refractivity contribution is -0.142. The molecule has 0 aliphatic heterocycles. The quantitative estimate of drug-likeness (QED) is 0.663. The highest BCUT2D eigenvalue weighted by molar-refractivity contribution is 5.90. The molecule has 2 aliphatic rings. The summed E-state index contributed by atoms with van der Waals surface area (Å²) in [5.41, 5.74) is 0. The van der Waals surface area contributed by atoms with Gasteiger partial charge in [0.25, 0.3) is 0 Å². The van der Waals surface area contributed by atoms with Gasteiger partial charge in [-0.1, -0.05) is 19.3 Å². The van der Waals surface area contributed by atoms with Gasteiger partial charge in [-0.2, -0.15) is 0 Å². The van der Waals surface area contributed by atoms with Crippen LogP contribution in [0.1, 0.15) is 58.3 Å². The molecule has 0 bridgehead atoms. The van der Waals surface area contributed by atoms with E-state index in [-0.39, 0.29) is 11.8 Å². The summed E-state index contributed by atoms with van der Waals surface area (Å²) in [5, 5.41) is 14.3. The normalized spacial score (nSPS) is 21.7. The molecule has 2 fully saturated rings. The van der Waals surface area contributed by atoms with Gasteiger partial charge in [0, 0.05) is 6.42 Å². The lowest BCUT2D eigenvalue weighted by atomic mass is 9.87. The van der Waals surface area contributed by atoms with E-state index >= 15 is 0 Å². The molecule has 2 unspecified atom stereocenters. The topological polar surface area (TPSA) is 95.5 Å². The highest BCUT2D eigenvalue weighted by Gasteiger charge is 2.38. The molecule has 124 valence electrons. The summed E-state index contributed by atoms with van der Waals surface area (Å²) in [6.07, 6.45) is 7.88. The summed E-state index contributed by atoms with van der Waals surface area (Å²) in [4.78, 5) is 35.1. The molecule has 2 aliphatic carbocycles. The predicted molar refractivity (Wildman–Crippen MR) is 81.1 cm³/mol. The molecular weight excluding hydrogens is 284 g/mol. The van der Waals surface area contributed by atoms with Crippen LogP contribution in [0, 0.1) is 11.8 Å². The van der Waals surface area contributed by atoms with Crippen molar-refractivity contribution in [2.75, 3.05) is 0 Å². The molecule has 0 aromatic rings. The van der Waals surface area contributed by atoms with Crippen LogP contribution in [-0.4, -0.2) is 35.0 Å². The van der Waals surface area contributed by atoms with Gasteiger partial charge in [0.2, 0.25) is 11.8 Å². The van der Waals surface area contributed by atoms with Gasteiger partial charge in [-0.15, -0.1) is 0 Å². The first kappa shape index (κ1) is 16.8. The van der Waals surface area contributed by atoms with Crippen molar-refractivity contribution >= 4 is 17.8 Å². The van der Waals surface area contributed by atoms with Gasteiger partial charge in [0.15, 0.2) is 0 Å². The van der Waals surface area contributed by atoms with Crippen molar-refractivity contribution in [2.45, 2.75) is 70.4 Å². The second-order valence-electron chi connectivity index (χ2n) is 6.66. The van der Waals surface area contributed by atoms with Crippen LogP contribution in [0.5, 0.6) is 0 Å². The van der Waals surface area contributed by atoms with Crippen LogP contribution >= 0.6 is 0 Å². The van der Waals surface area contributed by atoms with Crippen molar-refractivity contribution in [3.63, 3.8) is 0 Å². The van der Waals surface area contributed by atoms with E-state index in [4.69, 9.17) is 5.11 Å². The number of nitrogens with one attached hydrogen (secondary N) is 2. The van der Waals surface area contributed by atoms with Gasteiger partial charge in [0.1, 0.15) is 12.1 Å². The third-order valence-corrected chi connectivity index (χ3v) is 4.63. The molecule has 0 spiro atoms. The van der Waals surface area contributed by atoms with Crippen molar-refractivity contribution in [2.24, 2.45) is 11.8 Å². The van der Waals surface area contributed by atoms with E-state index in [1.54, 1.807) is 6.92 Å². The lowest BCUT2D eigenvalue weighted by Gasteiger charge is -2.22. The Morgan fingerprint density at radius 2 is 1.68 bits per heavy atom. The van der Waals surface area contributed by atoms with Crippen molar-refractivity contribution in [1.29, 1.82) is 0 Å². The van der Waals surface area contributed by atoms with E-state index in [0.29, 0.717) is 12.3 Å². The smallest absolute Gasteiger partial charge is 0.326 e. The summed E-state index contributed by atoms with van der Waals surface area (Å²) < 4.78 is 0. The Hall–Kier alpha value is -1.59. The van der Waals surface area contributed by atoms with Crippen LogP contribution in [0.15, 0.2) is 0 Å². The number of carbonyl (C=O) groups excluding carboxylic acids is 2. The van der Waals surface area contributed by atoms with Crippen molar-refractivity contribution < 1.29 is 19.5 Å². The maximum Gasteiger partial charge on any atom is 0.326 e. The largest absolute Gasteiger partial charge is 0.480 e. The number of aliphatic carboxylic acids is 1. The zero-order chi connectivity index (χ0) is 16.1.